The summed E-state index contributed by atoms with van der Waals surface area (Å²) in [5.74, 6) is 0. The second-order valence-electron chi connectivity index (χ2n) is 4.67. The van der Waals surface area contributed by atoms with Crippen molar-refractivity contribution < 1.29 is 4.79 Å². The lowest BCUT2D eigenvalue weighted by atomic mass is 10.1. The monoisotopic (exact) mass is 366 g/mol. The smallest absolute Gasteiger partial charge is 0.319 e. The van der Waals surface area contributed by atoms with E-state index in [1.54, 1.807) is 6.07 Å². The normalized spacial score (nSPS) is 10.2. The summed E-state index contributed by atoms with van der Waals surface area (Å²) >= 11 is 9.45. The van der Waals surface area contributed by atoms with Crippen molar-refractivity contribution in [2.24, 2.45) is 0 Å². The van der Waals surface area contributed by atoms with Crippen molar-refractivity contribution >= 4 is 39.2 Å². The highest BCUT2D eigenvalue weighted by molar-refractivity contribution is 9.10. The molecule has 0 aliphatic heterocycles. The molecule has 0 aromatic heterocycles. The highest BCUT2D eigenvalue weighted by Crippen LogP contribution is 2.22. The van der Waals surface area contributed by atoms with Crippen molar-refractivity contribution in [1.82, 2.24) is 5.32 Å². The van der Waals surface area contributed by atoms with Crippen LogP contribution in [0.25, 0.3) is 0 Å². The van der Waals surface area contributed by atoms with E-state index < -0.39 is 0 Å². The zero-order valence-corrected chi connectivity index (χ0v) is 14.0. The SMILES string of the molecule is Cc1c(Cl)cccc1NC(=O)NCCc1cccc(Br)c1. The van der Waals surface area contributed by atoms with Crippen molar-refractivity contribution in [2.45, 2.75) is 13.3 Å². The molecular weight excluding hydrogens is 352 g/mol. The lowest BCUT2D eigenvalue weighted by molar-refractivity contribution is 0.252. The van der Waals surface area contributed by atoms with Gasteiger partial charge in [0.15, 0.2) is 0 Å². The molecule has 0 fully saturated rings. The Morgan fingerprint density at radius 2 is 2.00 bits per heavy atom. The number of nitrogens with one attached hydrogen (secondary N) is 2. The van der Waals surface area contributed by atoms with E-state index in [0.717, 1.165) is 22.1 Å². The summed E-state index contributed by atoms with van der Waals surface area (Å²) in [5, 5.41) is 6.28. The van der Waals surface area contributed by atoms with Crippen LogP contribution >= 0.6 is 27.5 Å². The zero-order chi connectivity index (χ0) is 15.2. The Kier molecular flexibility index (Phi) is 5.65. The van der Waals surface area contributed by atoms with Gasteiger partial charge in [-0.25, -0.2) is 4.79 Å². The molecule has 0 radical (unpaired) electrons. The quantitative estimate of drug-likeness (QED) is 0.802. The summed E-state index contributed by atoms with van der Waals surface area (Å²) < 4.78 is 1.04. The van der Waals surface area contributed by atoms with E-state index in [9.17, 15) is 4.79 Å². The molecule has 110 valence electrons. The van der Waals surface area contributed by atoms with Gasteiger partial charge >= 0.3 is 6.03 Å². The maximum Gasteiger partial charge on any atom is 0.319 e. The number of halogens is 2. The Morgan fingerprint density at radius 3 is 2.76 bits per heavy atom. The van der Waals surface area contributed by atoms with Gasteiger partial charge in [-0.15, -0.1) is 0 Å². The number of carbonyl (C=O) groups excluding carboxylic acids is 1. The van der Waals surface area contributed by atoms with Crippen LogP contribution in [0.4, 0.5) is 10.5 Å². The standard InChI is InChI=1S/C16H16BrClN2O/c1-11-14(18)6-3-7-15(11)20-16(21)19-9-8-12-4-2-5-13(17)10-12/h2-7,10H,8-9H2,1H3,(H2,19,20,21). The minimum absolute atomic E-state index is 0.227. The van der Waals surface area contributed by atoms with Crippen LogP contribution in [0, 0.1) is 6.92 Å². The fourth-order valence-corrected chi connectivity index (χ4v) is 2.54. The van der Waals surface area contributed by atoms with Gasteiger partial charge in [-0.2, -0.15) is 0 Å². The molecule has 2 rings (SSSR count). The second-order valence-corrected chi connectivity index (χ2v) is 6.00. The maximum absolute atomic E-state index is 11.9. The number of anilines is 1. The molecule has 2 aromatic carbocycles. The van der Waals surface area contributed by atoms with Gasteiger partial charge in [0, 0.05) is 21.7 Å². The van der Waals surface area contributed by atoms with Crippen LogP contribution in [0.15, 0.2) is 46.9 Å². The van der Waals surface area contributed by atoms with E-state index in [1.807, 2.05) is 43.3 Å². The Morgan fingerprint density at radius 1 is 1.24 bits per heavy atom. The van der Waals surface area contributed by atoms with E-state index >= 15 is 0 Å². The van der Waals surface area contributed by atoms with E-state index in [4.69, 9.17) is 11.6 Å². The molecule has 21 heavy (non-hydrogen) atoms. The van der Waals surface area contributed by atoms with E-state index in [-0.39, 0.29) is 6.03 Å². The van der Waals surface area contributed by atoms with Crippen LogP contribution in [0.1, 0.15) is 11.1 Å². The largest absolute Gasteiger partial charge is 0.338 e. The van der Waals surface area contributed by atoms with E-state index in [0.29, 0.717) is 11.6 Å². The summed E-state index contributed by atoms with van der Waals surface area (Å²) in [4.78, 5) is 11.9. The predicted octanol–water partition coefficient (Wildman–Crippen LogP) is 4.78. The van der Waals surface area contributed by atoms with Gasteiger partial charge in [-0.05, 0) is 48.7 Å². The molecule has 2 N–H and O–H groups in total. The van der Waals surface area contributed by atoms with Crippen molar-refractivity contribution in [3.8, 4) is 0 Å². The lowest BCUT2D eigenvalue weighted by Crippen LogP contribution is -2.30. The first-order valence-electron chi connectivity index (χ1n) is 6.60. The average Bonchev–Trinajstić information content (AvgIpc) is 2.44. The van der Waals surface area contributed by atoms with Crippen molar-refractivity contribution in [3.05, 3.63) is 63.1 Å². The third-order valence-corrected chi connectivity index (χ3v) is 4.01. The van der Waals surface area contributed by atoms with E-state index in [2.05, 4.69) is 26.6 Å². The summed E-state index contributed by atoms with van der Waals surface area (Å²) in [7, 11) is 0. The Hall–Kier alpha value is -1.52. The first-order valence-corrected chi connectivity index (χ1v) is 7.78. The number of hydrogen-bond donors (Lipinski definition) is 2. The predicted molar refractivity (Wildman–Crippen MR) is 91.1 cm³/mol. The van der Waals surface area contributed by atoms with Crippen LogP contribution in [-0.2, 0) is 6.42 Å². The molecule has 3 nitrogen and oxygen atoms in total. The third kappa shape index (κ3) is 4.76. The Balaban J connectivity index is 1.84. The number of urea groups is 1. The summed E-state index contributed by atoms with van der Waals surface area (Å²) in [6.45, 7) is 2.45. The first-order chi connectivity index (χ1) is 10.1. The number of carbonyl (C=O) groups is 1. The maximum atomic E-state index is 11.9. The van der Waals surface area contributed by atoms with Gasteiger partial charge in [0.05, 0.1) is 0 Å². The molecule has 0 atom stereocenters. The molecule has 5 heteroatoms. The molecular formula is C16H16BrClN2O. The van der Waals surface area contributed by atoms with Gasteiger partial charge in [-0.3, -0.25) is 0 Å². The van der Waals surface area contributed by atoms with Crippen molar-refractivity contribution in [1.29, 1.82) is 0 Å². The van der Waals surface area contributed by atoms with Crippen molar-refractivity contribution in [3.63, 3.8) is 0 Å². The molecule has 0 bridgehead atoms. The highest BCUT2D eigenvalue weighted by atomic mass is 79.9. The molecule has 0 unspecified atom stereocenters. The van der Waals surface area contributed by atoms with Gasteiger partial charge in [0.1, 0.15) is 0 Å². The van der Waals surface area contributed by atoms with Crippen LogP contribution < -0.4 is 10.6 Å². The van der Waals surface area contributed by atoms with Gasteiger partial charge in [0.25, 0.3) is 0 Å². The molecule has 0 heterocycles. The summed E-state index contributed by atoms with van der Waals surface area (Å²) in [5.41, 5.74) is 2.76. The van der Waals surface area contributed by atoms with Crippen LogP contribution in [-0.4, -0.2) is 12.6 Å². The van der Waals surface area contributed by atoms with Crippen LogP contribution in [0.2, 0.25) is 5.02 Å². The minimum atomic E-state index is -0.227. The van der Waals surface area contributed by atoms with Gasteiger partial charge in [-0.1, -0.05) is 45.7 Å². The number of hydrogen-bond acceptors (Lipinski definition) is 1. The molecule has 0 saturated heterocycles. The van der Waals surface area contributed by atoms with Crippen LogP contribution in [0.3, 0.4) is 0 Å². The van der Waals surface area contributed by atoms with Crippen LogP contribution in [0.5, 0.6) is 0 Å². The topological polar surface area (TPSA) is 41.1 Å². The molecule has 0 aliphatic rings. The second kappa shape index (κ2) is 7.48. The summed E-state index contributed by atoms with van der Waals surface area (Å²) in [6.07, 6.45) is 0.779. The first kappa shape index (κ1) is 15.9. The third-order valence-electron chi connectivity index (χ3n) is 3.10. The lowest BCUT2D eigenvalue weighted by Gasteiger charge is -2.10. The summed E-state index contributed by atoms with van der Waals surface area (Å²) in [6, 6.07) is 13.2. The number of amides is 2. The number of rotatable bonds is 4. The molecule has 0 saturated carbocycles. The molecule has 0 aliphatic carbocycles. The zero-order valence-electron chi connectivity index (χ0n) is 11.6. The fraction of sp³-hybridized carbons (Fsp3) is 0.188. The Labute approximate surface area is 137 Å². The molecule has 0 spiro atoms. The van der Waals surface area contributed by atoms with E-state index in [1.165, 1.54) is 5.56 Å². The molecule has 2 aromatic rings. The fourth-order valence-electron chi connectivity index (χ4n) is 1.92. The van der Waals surface area contributed by atoms with Crippen molar-refractivity contribution in [2.75, 3.05) is 11.9 Å². The average molecular weight is 368 g/mol. The number of benzene rings is 2. The Bertz CT molecular complexity index is 646. The van der Waals surface area contributed by atoms with Gasteiger partial charge in [0.2, 0.25) is 0 Å². The molecule has 2 amide bonds. The van der Waals surface area contributed by atoms with Gasteiger partial charge < -0.3 is 10.6 Å². The minimum Gasteiger partial charge on any atom is -0.338 e. The highest BCUT2D eigenvalue weighted by Gasteiger charge is 2.06.